The van der Waals surface area contributed by atoms with Crippen LogP contribution in [0, 0.1) is 0 Å². The average Bonchev–Trinajstić information content (AvgIpc) is 2.16. The van der Waals surface area contributed by atoms with Gasteiger partial charge in [0.15, 0.2) is 0 Å². The number of ether oxygens (including phenoxy) is 1. The molecule has 4 nitrogen and oxygen atoms in total. The Labute approximate surface area is 74.9 Å². The minimum atomic E-state index is -0.541. The van der Waals surface area contributed by atoms with Gasteiger partial charge in [0, 0.05) is 17.8 Å². The summed E-state index contributed by atoms with van der Waals surface area (Å²) in [6.45, 7) is 3.51. The molecule has 1 aromatic heterocycles. The highest BCUT2D eigenvalue weighted by Gasteiger charge is 2.09. The van der Waals surface area contributed by atoms with E-state index >= 15 is 0 Å². The molecule has 0 aliphatic carbocycles. The van der Waals surface area contributed by atoms with Gasteiger partial charge >= 0.3 is 5.97 Å². The van der Waals surface area contributed by atoms with E-state index in [1.165, 1.54) is 25.4 Å². The van der Waals surface area contributed by atoms with Crippen LogP contribution in [0.3, 0.4) is 0 Å². The Morgan fingerprint density at radius 1 is 1.69 bits per heavy atom. The molecule has 1 rings (SSSR count). The van der Waals surface area contributed by atoms with Crippen molar-refractivity contribution in [3.63, 3.8) is 0 Å². The highest BCUT2D eigenvalue weighted by molar-refractivity contribution is 5.93. The monoisotopic (exact) mass is 179 g/mol. The molecule has 0 aliphatic heterocycles. The van der Waals surface area contributed by atoms with Gasteiger partial charge < -0.3 is 9.72 Å². The van der Waals surface area contributed by atoms with Crippen molar-refractivity contribution < 1.29 is 9.53 Å². The summed E-state index contributed by atoms with van der Waals surface area (Å²) >= 11 is 0. The first-order valence-electron chi connectivity index (χ1n) is 3.62. The Bertz CT molecular complexity index is 392. The van der Waals surface area contributed by atoms with E-state index in [9.17, 15) is 9.59 Å². The van der Waals surface area contributed by atoms with Crippen LogP contribution in [0.2, 0.25) is 0 Å². The lowest BCUT2D eigenvalue weighted by Crippen LogP contribution is -2.12. The Hall–Kier alpha value is -1.84. The summed E-state index contributed by atoms with van der Waals surface area (Å²) in [5, 5.41) is 0. The molecule has 0 saturated carbocycles. The van der Waals surface area contributed by atoms with Gasteiger partial charge in [-0.15, -0.1) is 0 Å². The number of esters is 1. The minimum absolute atomic E-state index is 0.223. The molecule has 0 aliphatic rings. The molecule has 0 aromatic carbocycles. The summed E-state index contributed by atoms with van der Waals surface area (Å²) in [7, 11) is 1.26. The molecule has 0 radical (unpaired) electrons. The van der Waals surface area contributed by atoms with Crippen LogP contribution < -0.4 is 5.56 Å². The predicted molar refractivity (Wildman–Crippen MR) is 48.5 cm³/mol. The maximum absolute atomic E-state index is 11.1. The highest BCUT2D eigenvalue weighted by Crippen LogP contribution is 2.06. The van der Waals surface area contributed by atoms with Gasteiger partial charge in [-0.05, 0) is 0 Å². The third-order valence-corrected chi connectivity index (χ3v) is 1.58. The third-order valence-electron chi connectivity index (χ3n) is 1.58. The number of nitrogens with one attached hydrogen (secondary N) is 1. The lowest BCUT2D eigenvalue weighted by Gasteiger charge is -2.01. The van der Waals surface area contributed by atoms with E-state index in [1.54, 1.807) is 0 Å². The normalized spacial score (nSPS) is 9.31. The first-order chi connectivity index (χ1) is 6.19. The van der Waals surface area contributed by atoms with Crippen molar-refractivity contribution in [3.05, 3.63) is 40.3 Å². The Morgan fingerprint density at radius 2 is 2.38 bits per heavy atom. The second-order valence-electron chi connectivity index (χ2n) is 2.36. The van der Waals surface area contributed by atoms with E-state index in [0.29, 0.717) is 5.56 Å². The molecule has 0 atom stereocenters. The van der Waals surface area contributed by atoms with Gasteiger partial charge in [0.25, 0.3) is 0 Å². The third kappa shape index (κ3) is 1.84. The molecule has 1 N–H and O–H groups in total. The van der Waals surface area contributed by atoms with Crippen molar-refractivity contribution in [3.8, 4) is 0 Å². The van der Waals surface area contributed by atoms with Crippen molar-refractivity contribution in [2.24, 2.45) is 0 Å². The van der Waals surface area contributed by atoms with Gasteiger partial charge in [-0.3, -0.25) is 4.79 Å². The van der Waals surface area contributed by atoms with Gasteiger partial charge in [-0.25, -0.2) is 4.79 Å². The molecular formula is C9H9NO3. The number of H-pyrrole nitrogens is 1. The SMILES string of the molecule is C=Cc1c[nH]c(=O)cc1C(=O)OC. The number of carbonyl (C=O) groups is 1. The molecule has 0 amide bonds. The van der Waals surface area contributed by atoms with Crippen molar-refractivity contribution in [2.45, 2.75) is 0 Å². The zero-order valence-electron chi connectivity index (χ0n) is 7.16. The van der Waals surface area contributed by atoms with E-state index in [0.717, 1.165) is 0 Å². The number of hydrogen-bond acceptors (Lipinski definition) is 3. The molecule has 68 valence electrons. The van der Waals surface area contributed by atoms with Crippen molar-refractivity contribution in [1.82, 2.24) is 4.98 Å². The molecular weight excluding hydrogens is 170 g/mol. The molecule has 0 fully saturated rings. The predicted octanol–water partition coefficient (Wildman–Crippen LogP) is 0.804. The number of rotatable bonds is 2. The first kappa shape index (κ1) is 9.25. The van der Waals surface area contributed by atoms with Crippen LogP contribution in [-0.2, 0) is 4.74 Å². The number of aromatic amines is 1. The van der Waals surface area contributed by atoms with Crippen molar-refractivity contribution in [1.29, 1.82) is 0 Å². The van der Waals surface area contributed by atoms with E-state index in [4.69, 9.17) is 0 Å². The highest BCUT2D eigenvalue weighted by atomic mass is 16.5. The number of pyridine rings is 1. The largest absolute Gasteiger partial charge is 0.465 e. The summed E-state index contributed by atoms with van der Waals surface area (Å²) in [6.07, 6.45) is 2.89. The standard InChI is InChI=1S/C9H9NO3/c1-3-6-5-10-8(11)4-7(6)9(12)13-2/h3-5H,1H2,2H3,(H,10,11). The zero-order chi connectivity index (χ0) is 9.84. The summed E-state index contributed by atoms with van der Waals surface area (Å²) in [6, 6.07) is 1.18. The van der Waals surface area contributed by atoms with Crippen molar-refractivity contribution in [2.75, 3.05) is 7.11 Å². The van der Waals surface area contributed by atoms with Crippen LogP contribution in [0.4, 0.5) is 0 Å². The number of aromatic nitrogens is 1. The lowest BCUT2D eigenvalue weighted by molar-refractivity contribution is 0.0600. The number of hydrogen-bond donors (Lipinski definition) is 1. The minimum Gasteiger partial charge on any atom is -0.465 e. The lowest BCUT2D eigenvalue weighted by atomic mass is 10.1. The van der Waals surface area contributed by atoms with Crippen LogP contribution >= 0.6 is 0 Å². The summed E-state index contributed by atoms with van der Waals surface area (Å²) in [5.74, 6) is -0.541. The quantitative estimate of drug-likeness (QED) is 0.683. The fourth-order valence-corrected chi connectivity index (χ4v) is 0.938. The zero-order valence-corrected chi connectivity index (χ0v) is 7.16. The first-order valence-corrected chi connectivity index (χ1v) is 3.62. The fraction of sp³-hybridized carbons (Fsp3) is 0.111. The molecule has 13 heavy (non-hydrogen) atoms. The van der Waals surface area contributed by atoms with Crippen LogP contribution in [0.1, 0.15) is 15.9 Å². The molecule has 0 saturated heterocycles. The second kappa shape index (κ2) is 3.71. The van der Waals surface area contributed by atoms with E-state index in [-0.39, 0.29) is 11.1 Å². The summed E-state index contributed by atoms with van der Waals surface area (Å²) in [4.78, 5) is 24.4. The molecule has 4 heteroatoms. The Kier molecular flexibility index (Phi) is 2.64. The van der Waals surface area contributed by atoms with Crippen LogP contribution in [0.25, 0.3) is 6.08 Å². The van der Waals surface area contributed by atoms with E-state index < -0.39 is 5.97 Å². The van der Waals surface area contributed by atoms with Gasteiger partial charge in [0.05, 0.1) is 12.7 Å². The van der Waals surface area contributed by atoms with E-state index in [2.05, 4.69) is 16.3 Å². The molecule has 1 aromatic rings. The van der Waals surface area contributed by atoms with Gasteiger partial charge in [0.2, 0.25) is 5.56 Å². The smallest absolute Gasteiger partial charge is 0.338 e. The van der Waals surface area contributed by atoms with E-state index in [1.807, 2.05) is 0 Å². The molecule has 0 spiro atoms. The fourth-order valence-electron chi connectivity index (χ4n) is 0.938. The average molecular weight is 179 g/mol. The second-order valence-corrected chi connectivity index (χ2v) is 2.36. The number of methoxy groups -OCH3 is 1. The maximum Gasteiger partial charge on any atom is 0.338 e. The topological polar surface area (TPSA) is 59.2 Å². The van der Waals surface area contributed by atoms with Gasteiger partial charge in [-0.1, -0.05) is 12.7 Å². The molecule has 0 bridgehead atoms. The molecule has 1 heterocycles. The van der Waals surface area contributed by atoms with Crippen molar-refractivity contribution >= 4 is 12.0 Å². The van der Waals surface area contributed by atoms with Crippen LogP contribution in [-0.4, -0.2) is 18.1 Å². The Morgan fingerprint density at radius 3 is 2.92 bits per heavy atom. The number of carbonyl (C=O) groups excluding carboxylic acids is 1. The maximum atomic E-state index is 11.1. The van der Waals surface area contributed by atoms with Gasteiger partial charge in [-0.2, -0.15) is 0 Å². The Balaban J connectivity index is 3.31. The summed E-state index contributed by atoms with van der Waals surface area (Å²) in [5.41, 5.74) is 0.429. The van der Waals surface area contributed by atoms with Crippen LogP contribution in [0.15, 0.2) is 23.6 Å². The van der Waals surface area contributed by atoms with Gasteiger partial charge in [0.1, 0.15) is 0 Å². The molecule has 0 unspecified atom stereocenters. The van der Waals surface area contributed by atoms with Crippen LogP contribution in [0.5, 0.6) is 0 Å². The summed E-state index contributed by atoms with van der Waals surface area (Å²) < 4.78 is 4.49.